The lowest BCUT2D eigenvalue weighted by Gasteiger charge is -2.31. The van der Waals surface area contributed by atoms with Gasteiger partial charge in [0.05, 0.1) is 12.7 Å². The molecule has 1 fully saturated rings. The monoisotopic (exact) mass is 349 g/mol. The van der Waals surface area contributed by atoms with Gasteiger partial charge in [-0.15, -0.1) is 11.6 Å². The molecule has 2 nitrogen and oxygen atoms in total. The Kier molecular flexibility index (Phi) is 6.07. The van der Waals surface area contributed by atoms with Crippen molar-refractivity contribution in [2.75, 3.05) is 25.6 Å². The lowest BCUT2D eigenvalue weighted by atomic mass is 10.1. The van der Waals surface area contributed by atoms with Crippen molar-refractivity contribution in [1.82, 2.24) is 4.90 Å². The molecule has 106 valence electrons. The van der Waals surface area contributed by atoms with Crippen molar-refractivity contribution >= 4 is 27.5 Å². The standard InChI is InChI=1S/C14H18BrClFNO/c15-12-7-11(8-13(17)9-12)10-18-4-1-14(2-5-18)19-6-3-16/h7-9,14H,1-6,10H2. The highest BCUT2D eigenvalue weighted by molar-refractivity contribution is 9.10. The summed E-state index contributed by atoms with van der Waals surface area (Å²) in [7, 11) is 0. The molecule has 1 aliphatic rings. The van der Waals surface area contributed by atoms with E-state index >= 15 is 0 Å². The van der Waals surface area contributed by atoms with Crippen LogP contribution in [0, 0.1) is 5.82 Å². The Hall–Kier alpha value is -0.160. The average molecular weight is 351 g/mol. The molecule has 1 aromatic carbocycles. The second-order valence-electron chi connectivity index (χ2n) is 4.81. The fraction of sp³-hybridized carbons (Fsp3) is 0.571. The number of alkyl halides is 1. The SMILES string of the molecule is Fc1cc(Br)cc(CN2CCC(OCCCl)CC2)c1. The smallest absolute Gasteiger partial charge is 0.124 e. The predicted octanol–water partition coefficient (Wildman–Crippen LogP) is 3.81. The summed E-state index contributed by atoms with van der Waals surface area (Å²) in [5, 5.41) is 0. The number of likely N-dealkylation sites (tertiary alicyclic amines) is 1. The molecule has 0 saturated carbocycles. The summed E-state index contributed by atoms with van der Waals surface area (Å²) in [4.78, 5) is 2.34. The largest absolute Gasteiger partial charge is 0.377 e. The molecule has 5 heteroatoms. The van der Waals surface area contributed by atoms with E-state index in [1.54, 1.807) is 6.07 Å². The van der Waals surface area contributed by atoms with Crippen molar-refractivity contribution in [2.24, 2.45) is 0 Å². The maximum atomic E-state index is 13.3. The first-order chi connectivity index (χ1) is 9.17. The molecule has 0 amide bonds. The van der Waals surface area contributed by atoms with E-state index in [0.717, 1.165) is 42.5 Å². The van der Waals surface area contributed by atoms with Crippen LogP contribution in [0.2, 0.25) is 0 Å². The number of benzene rings is 1. The third kappa shape index (κ3) is 5.03. The Morgan fingerprint density at radius 2 is 2.05 bits per heavy atom. The molecule has 0 bridgehead atoms. The molecule has 0 N–H and O–H groups in total. The summed E-state index contributed by atoms with van der Waals surface area (Å²) < 4.78 is 19.7. The van der Waals surface area contributed by atoms with Crippen LogP contribution in [0.5, 0.6) is 0 Å². The minimum Gasteiger partial charge on any atom is -0.377 e. The molecule has 0 atom stereocenters. The lowest BCUT2D eigenvalue weighted by molar-refractivity contribution is 0.0134. The third-order valence-electron chi connectivity index (χ3n) is 3.29. The van der Waals surface area contributed by atoms with Crippen LogP contribution in [0.15, 0.2) is 22.7 Å². The van der Waals surface area contributed by atoms with Crippen LogP contribution in [0.25, 0.3) is 0 Å². The van der Waals surface area contributed by atoms with Gasteiger partial charge in [0.15, 0.2) is 0 Å². The molecule has 0 unspecified atom stereocenters. The Morgan fingerprint density at radius 3 is 2.68 bits per heavy atom. The van der Waals surface area contributed by atoms with Gasteiger partial charge in [-0.1, -0.05) is 15.9 Å². The highest BCUT2D eigenvalue weighted by atomic mass is 79.9. The van der Waals surface area contributed by atoms with Gasteiger partial charge in [0.2, 0.25) is 0 Å². The summed E-state index contributed by atoms with van der Waals surface area (Å²) in [5.74, 6) is 0.363. The van der Waals surface area contributed by atoms with Gasteiger partial charge in [-0.3, -0.25) is 4.90 Å². The topological polar surface area (TPSA) is 12.5 Å². The normalized spacial score (nSPS) is 17.8. The third-order valence-corrected chi connectivity index (χ3v) is 3.91. The van der Waals surface area contributed by atoms with Crippen LogP contribution in [0.3, 0.4) is 0 Å². The number of ether oxygens (including phenoxy) is 1. The molecule has 1 aliphatic heterocycles. The van der Waals surface area contributed by atoms with Crippen LogP contribution >= 0.6 is 27.5 Å². The number of nitrogens with zero attached hydrogens (tertiary/aromatic N) is 1. The van der Waals surface area contributed by atoms with Crippen molar-refractivity contribution in [3.63, 3.8) is 0 Å². The summed E-state index contributed by atoms with van der Waals surface area (Å²) in [6.45, 7) is 3.39. The van der Waals surface area contributed by atoms with Gasteiger partial charge >= 0.3 is 0 Å². The number of hydrogen-bond acceptors (Lipinski definition) is 2. The van der Waals surface area contributed by atoms with Gasteiger partial charge in [0.1, 0.15) is 5.82 Å². The fourth-order valence-corrected chi connectivity index (χ4v) is 3.01. The van der Waals surface area contributed by atoms with E-state index in [0.29, 0.717) is 18.6 Å². The van der Waals surface area contributed by atoms with Crippen molar-refractivity contribution in [2.45, 2.75) is 25.5 Å². The van der Waals surface area contributed by atoms with Crippen molar-refractivity contribution in [3.05, 3.63) is 34.1 Å². The molecular formula is C14H18BrClFNO. The van der Waals surface area contributed by atoms with E-state index in [1.165, 1.54) is 6.07 Å². The van der Waals surface area contributed by atoms with Gasteiger partial charge in [0.25, 0.3) is 0 Å². The van der Waals surface area contributed by atoms with Gasteiger partial charge in [0, 0.05) is 30.0 Å². The second-order valence-corrected chi connectivity index (χ2v) is 6.11. The first-order valence-corrected chi connectivity index (χ1v) is 7.85. The predicted molar refractivity (Wildman–Crippen MR) is 79.1 cm³/mol. The van der Waals surface area contributed by atoms with E-state index in [1.807, 2.05) is 6.07 Å². The van der Waals surface area contributed by atoms with E-state index < -0.39 is 0 Å². The molecule has 1 heterocycles. The molecule has 1 aromatic rings. The first-order valence-electron chi connectivity index (χ1n) is 6.52. The first kappa shape index (κ1) is 15.2. The molecule has 0 aliphatic carbocycles. The zero-order chi connectivity index (χ0) is 13.7. The van der Waals surface area contributed by atoms with E-state index in [-0.39, 0.29) is 5.82 Å². The van der Waals surface area contributed by atoms with E-state index in [4.69, 9.17) is 16.3 Å². The highest BCUT2D eigenvalue weighted by Gasteiger charge is 2.19. The fourth-order valence-electron chi connectivity index (χ4n) is 2.41. The van der Waals surface area contributed by atoms with Gasteiger partial charge in [-0.2, -0.15) is 0 Å². The average Bonchev–Trinajstić information content (AvgIpc) is 2.37. The van der Waals surface area contributed by atoms with E-state index in [9.17, 15) is 4.39 Å². The minimum atomic E-state index is -0.190. The summed E-state index contributed by atoms with van der Waals surface area (Å²) in [6.07, 6.45) is 2.37. The second kappa shape index (κ2) is 7.58. The highest BCUT2D eigenvalue weighted by Crippen LogP contribution is 2.19. The molecule has 19 heavy (non-hydrogen) atoms. The molecular weight excluding hydrogens is 333 g/mol. The molecule has 0 spiro atoms. The maximum absolute atomic E-state index is 13.3. The Labute approximate surface area is 127 Å². The zero-order valence-corrected chi connectivity index (χ0v) is 13.1. The van der Waals surface area contributed by atoms with Gasteiger partial charge in [-0.05, 0) is 36.6 Å². The van der Waals surface area contributed by atoms with E-state index in [2.05, 4.69) is 20.8 Å². The van der Waals surface area contributed by atoms with Gasteiger partial charge < -0.3 is 4.74 Å². The van der Waals surface area contributed by atoms with Crippen LogP contribution in [0.4, 0.5) is 4.39 Å². The van der Waals surface area contributed by atoms with Crippen molar-refractivity contribution < 1.29 is 9.13 Å². The van der Waals surface area contributed by atoms with Crippen LogP contribution in [-0.2, 0) is 11.3 Å². The molecule has 0 radical (unpaired) electrons. The maximum Gasteiger partial charge on any atom is 0.124 e. The summed E-state index contributed by atoms with van der Waals surface area (Å²) in [6, 6.07) is 5.05. The Morgan fingerprint density at radius 1 is 1.32 bits per heavy atom. The summed E-state index contributed by atoms with van der Waals surface area (Å²) in [5.41, 5.74) is 1.01. The summed E-state index contributed by atoms with van der Waals surface area (Å²) >= 11 is 8.94. The van der Waals surface area contributed by atoms with Crippen molar-refractivity contribution in [1.29, 1.82) is 0 Å². The molecule has 1 saturated heterocycles. The lowest BCUT2D eigenvalue weighted by Crippen LogP contribution is -2.36. The minimum absolute atomic E-state index is 0.190. The van der Waals surface area contributed by atoms with Crippen LogP contribution < -0.4 is 0 Å². The quantitative estimate of drug-likeness (QED) is 0.749. The number of hydrogen-bond donors (Lipinski definition) is 0. The Bertz CT molecular complexity index is 390. The number of halogens is 3. The number of piperidine rings is 1. The van der Waals surface area contributed by atoms with Gasteiger partial charge in [-0.25, -0.2) is 4.39 Å². The van der Waals surface area contributed by atoms with Crippen LogP contribution in [0.1, 0.15) is 18.4 Å². The number of rotatable bonds is 5. The molecule has 2 rings (SSSR count). The molecule has 0 aromatic heterocycles. The Balaban J connectivity index is 1.82. The zero-order valence-electron chi connectivity index (χ0n) is 10.7. The van der Waals surface area contributed by atoms with Crippen molar-refractivity contribution in [3.8, 4) is 0 Å². The van der Waals surface area contributed by atoms with Crippen LogP contribution in [-0.4, -0.2) is 36.6 Å².